The molecule has 0 aromatic carbocycles. The van der Waals surface area contributed by atoms with Crippen LogP contribution in [0.4, 0.5) is 5.95 Å². The Labute approximate surface area is 120 Å². The van der Waals surface area contributed by atoms with Crippen LogP contribution in [-0.2, 0) is 10.0 Å². The van der Waals surface area contributed by atoms with Gasteiger partial charge < -0.3 is 5.32 Å². The van der Waals surface area contributed by atoms with Gasteiger partial charge in [-0.15, -0.1) is 0 Å². The van der Waals surface area contributed by atoms with E-state index in [9.17, 15) is 8.42 Å². The SMILES string of the molecule is CS(=O)(=O)N1CCC(Nc2ncc(I)cn2)CC1. The van der Waals surface area contributed by atoms with E-state index in [4.69, 9.17) is 0 Å². The number of rotatable bonds is 3. The molecule has 0 spiro atoms. The summed E-state index contributed by atoms with van der Waals surface area (Å²) in [5.41, 5.74) is 0. The molecule has 1 aromatic rings. The van der Waals surface area contributed by atoms with Crippen LogP contribution in [0.2, 0.25) is 0 Å². The molecule has 0 aliphatic carbocycles. The fourth-order valence-electron chi connectivity index (χ4n) is 1.90. The quantitative estimate of drug-likeness (QED) is 0.787. The summed E-state index contributed by atoms with van der Waals surface area (Å²) < 4.78 is 25.2. The molecule has 6 nitrogen and oxygen atoms in total. The number of anilines is 1. The van der Waals surface area contributed by atoms with Crippen molar-refractivity contribution in [2.45, 2.75) is 18.9 Å². The van der Waals surface area contributed by atoms with Crippen LogP contribution in [0.5, 0.6) is 0 Å². The molecule has 1 aliphatic rings. The molecule has 0 bridgehead atoms. The van der Waals surface area contributed by atoms with E-state index in [1.165, 1.54) is 10.6 Å². The standard InChI is InChI=1S/C10H15IN4O2S/c1-18(16,17)15-4-2-9(3-5-15)14-10-12-6-8(11)7-13-10/h6-7,9H,2-5H2,1H3,(H,12,13,14). The number of sulfonamides is 1. The zero-order chi connectivity index (χ0) is 13.2. The van der Waals surface area contributed by atoms with Crippen LogP contribution in [0, 0.1) is 3.57 Å². The van der Waals surface area contributed by atoms with Crippen molar-refractivity contribution in [2.75, 3.05) is 24.7 Å². The van der Waals surface area contributed by atoms with Crippen LogP contribution in [0.1, 0.15) is 12.8 Å². The molecule has 0 radical (unpaired) electrons. The first-order valence-corrected chi connectivity index (χ1v) is 8.57. The Bertz CT molecular complexity index is 497. The maximum absolute atomic E-state index is 11.4. The Hall–Kier alpha value is -0.480. The highest BCUT2D eigenvalue weighted by atomic mass is 127. The highest BCUT2D eigenvalue weighted by molar-refractivity contribution is 14.1. The molecular weight excluding hydrogens is 367 g/mol. The second-order valence-corrected chi connectivity index (χ2v) is 7.53. The van der Waals surface area contributed by atoms with Crippen molar-refractivity contribution in [1.29, 1.82) is 0 Å². The molecule has 2 heterocycles. The largest absolute Gasteiger partial charge is 0.351 e. The summed E-state index contributed by atoms with van der Waals surface area (Å²) in [5, 5.41) is 3.23. The van der Waals surface area contributed by atoms with Crippen molar-refractivity contribution < 1.29 is 8.42 Å². The van der Waals surface area contributed by atoms with Gasteiger partial charge in [0.2, 0.25) is 16.0 Å². The van der Waals surface area contributed by atoms with Crippen molar-refractivity contribution in [3.63, 3.8) is 0 Å². The highest BCUT2D eigenvalue weighted by Crippen LogP contribution is 2.16. The number of aromatic nitrogens is 2. The number of hydrogen-bond acceptors (Lipinski definition) is 5. The number of nitrogens with zero attached hydrogens (tertiary/aromatic N) is 3. The van der Waals surface area contributed by atoms with Gasteiger partial charge in [-0.3, -0.25) is 0 Å². The third-order valence-corrected chi connectivity index (χ3v) is 4.74. The normalized spacial score (nSPS) is 18.8. The molecule has 1 fully saturated rings. The first-order chi connectivity index (χ1) is 8.45. The average molecular weight is 382 g/mol. The fourth-order valence-corrected chi connectivity index (χ4v) is 3.05. The smallest absolute Gasteiger partial charge is 0.222 e. The molecule has 1 saturated heterocycles. The second kappa shape index (κ2) is 5.66. The van der Waals surface area contributed by atoms with Gasteiger partial charge >= 0.3 is 0 Å². The van der Waals surface area contributed by atoms with Crippen molar-refractivity contribution in [3.8, 4) is 0 Å². The van der Waals surface area contributed by atoms with E-state index in [0.29, 0.717) is 19.0 Å². The maximum Gasteiger partial charge on any atom is 0.222 e. The van der Waals surface area contributed by atoms with Gasteiger partial charge in [0.15, 0.2) is 0 Å². The summed E-state index contributed by atoms with van der Waals surface area (Å²) in [6, 6.07) is 0.239. The zero-order valence-electron chi connectivity index (χ0n) is 10.0. The van der Waals surface area contributed by atoms with Crippen LogP contribution in [0.15, 0.2) is 12.4 Å². The van der Waals surface area contributed by atoms with Crippen LogP contribution in [0.3, 0.4) is 0 Å². The average Bonchev–Trinajstić information content (AvgIpc) is 2.32. The minimum atomic E-state index is -3.05. The summed E-state index contributed by atoms with van der Waals surface area (Å²) >= 11 is 2.15. The number of nitrogens with one attached hydrogen (secondary N) is 1. The minimum Gasteiger partial charge on any atom is -0.351 e. The lowest BCUT2D eigenvalue weighted by atomic mass is 10.1. The monoisotopic (exact) mass is 382 g/mol. The number of hydrogen-bond donors (Lipinski definition) is 1. The number of piperidine rings is 1. The molecule has 8 heteroatoms. The van der Waals surface area contributed by atoms with E-state index >= 15 is 0 Å². The summed E-state index contributed by atoms with van der Waals surface area (Å²) in [6.07, 6.45) is 6.32. The van der Waals surface area contributed by atoms with Crippen molar-refractivity contribution in [2.24, 2.45) is 0 Å². The van der Waals surface area contributed by atoms with E-state index < -0.39 is 10.0 Å². The van der Waals surface area contributed by atoms with Crippen LogP contribution in [-0.4, -0.2) is 48.1 Å². The number of halogens is 1. The highest BCUT2D eigenvalue weighted by Gasteiger charge is 2.24. The van der Waals surface area contributed by atoms with E-state index in [0.717, 1.165) is 16.4 Å². The summed E-state index contributed by atoms with van der Waals surface area (Å²) in [7, 11) is -3.05. The lowest BCUT2D eigenvalue weighted by molar-refractivity contribution is 0.331. The third-order valence-electron chi connectivity index (χ3n) is 2.88. The lowest BCUT2D eigenvalue weighted by Crippen LogP contribution is -2.42. The predicted octanol–water partition coefficient (Wildman–Crippen LogP) is 0.917. The molecule has 1 aliphatic heterocycles. The first kappa shape index (κ1) is 13.9. The van der Waals surface area contributed by atoms with Gasteiger partial charge in [0, 0.05) is 35.1 Å². The topological polar surface area (TPSA) is 75.2 Å². The molecule has 0 unspecified atom stereocenters. The van der Waals surface area contributed by atoms with E-state index in [1.54, 1.807) is 12.4 Å². The molecule has 0 amide bonds. The van der Waals surface area contributed by atoms with Gasteiger partial charge in [0.25, 0.3) is 0 Å². The van der Waals surface area contributed by atoms with E-state index in [1.807, 2.05) is 0 Å². The van der Waals surface area contributed by atoms with Crippen LogP contribution in [0.25, 0.3) is 0 Å². The molecule has 18 heavy (non-hydrogen) atoms. The second-order valence-electron chi connectivity index (χ2n) is 4.31. The summed E-state index contributed by atoms with van der Waals surface area (Å²) in [4.78, 5) is 8.36. The van der Waals surface area contributed by atoms with Crippen molar-refractivity contribution in [3.05, 3.63) is 16.0 Å². The molecule has 1 aromatic heterocycles. The minimum absolute atomic E-state index is 0.239. The molecule has 0 saturated carbocycles. The Morgan fingerprint density at radius 2 is 1.89 bits per heavy atom. The first-order valence-electron chi connectivity index (χ1n) is 5.64. The Morgan fingerprint density at radius 3 is 2.39 bits per heavy atom. The third kappa shape index (κ3) is 3.75. The van der Waals surface area contributed by atoms with Gasteiger partial charge in [-0.05, 0) is 35.4 Å². The predicted molar refractivity (Wildman–Crippen MR) is 77.8 cm³/mol. The van der Waals surface area contributed by atoms with Gasteiger partial charge in [0.1, 0.15) is 0 Å². The Morgan fingerprint density at radius 1 is 1.33 bits per heavy atom. The van der Waals surface area contributed by atoms with Gasteiger partial charge in [-0.1, -0.05) is 0 Å². The molecule has 2 rings (SSSR count). The van der Waals surface area contributed by atoms with Gasteiger partial charge in [-0.25, -0.2) is 22.7 Å². The zero-order valence-corrected chi connectivity index (χ0v) is 13.0. The van der Waals surface area contributed by atoms with E-state index in [2.05, 4.69) is 37.9 Å². The molecule has 0 atom stereocenters. The van der Waals surface area contributed by atoms with Crippen molar-refractivity contribution >= 4 is 38.6 Å². The van der Waals surface area contributed by atoms with Crippen LogP contribution >= 0.6 is 22.6 Å². The summed E-state index contributed by atoms with van der Waals surface area (Å²) in [5.74, 6) is 0.605. The Kier molecular flexibility index (Phi) is 4.38. The molecule has 1 N–H and O–H groups in total. The van der Waals surface area contributed by atoms with Crippen LogP contribution < -0.4 is 5.32 Å². The van der Waals surface area contributed by atoms with Crippen molar-refractivity contribution in [1.82, 2.24) is 14.3 Å². The fraction of sp³-hybridized carbons (Fsp3) is 0.600. The molecule has 100 valence electrons. The molecular formula is C10H15IN4O2S. The lowest BCUT2D eigenvalue weighted by Gasteiger charge is -2.30. The maximum atomic E-state index is 11.4. The summed E-state index contributed by atoms with van der Waals surface area (Å²) in [6.45, 7) is 1.11. The van der Waals surface area contributed by atoms with E-state index in [-0.39, 0.29) is 6.04 Å². The Balaban J connectivity index is 1.89. The van der Waals surface area contributed by atoms with Gasteiger partial charge in [0.05, 0.1) is 6.26 Å². The van der Waals surface area contributed by atoms with Gasteiger partial charge in [-0.2, -0.15) is 0 Å².